The Hall–Kier alpha value is -1.53. The molecule has 0 fully saturated rings. The van der Waals surface area contributed by atoms with Crippen LogP contribution in [0.15, 0.2) is 28.1 Å². The Balaban J connectivity index is 2.18. The molecule has 1 heterocycles. The van der Waals surface area contributed by atoms with E-state index in [2.05, 4.69) is 26.2 Å². The summed E-state index contributed by atoms with van der Waals surface area (Å²) in [5.41, 5.74) is 1.90. The number of benzene rings is 1. The van der Waals surface area contributed by atoms with Crippen molar-refractivity contribution in [2.45, 2.75) is 13.8 Å². The lowest BCUT2D eigenvalue weighted by Gasteiger charge is -2.03. The number of carbonyl (C=O) groups is 2. The molecule has 0 saturated heterocycles. The topological polar surface area (TPSA) is 59.1 Å². The minimum Gasteiger partial charge on any atom is -0.298 e. The van der Waals surface area contributed by atoms with E-state index >= 15 is 0 Å². The Kier molecular flexibility index (Phi) is 4.11. The molecular formula is C13H11BrN2O2S. The van der Waals surface area contributed by atoms with Gasteiger partial charge in [-0.3, -0.25) is 14.9 Å². The molecule has 6 heteroatoms. The first-order valence-corrected chi connectivity index (χ1v) is 7.18. The number of hydrogen-bond donors (Lipinski definition) is 1. The Bertz CT molecular complexity index is 632. The maximum absolute atomic E-state index is 12.0. The molecule has 1 amide bonds. The summed E-state index contributed by atoms with van der Waals surface area (Å²) in [6, 6.07) is 5.45. The van der Waals surface area contributed by atoms with Crippen LogP contribution in [-0.2, 0) is 0 Å². The van der Waals surface area contributed by atoms with Gasteiger partial charge in [-0.2, -0.15) is 0 Å². The molecule has 1 aromatic heterocycles. The lowest BCUT2D eigenvalue weighted by Crippen LogP contribution is -2.12. The van der Waals surface area contributed by atoms with E-state index in [0.29, 0.717) is 16.4 Å². The van der Waals surface area contributed by atoms with E-state index in [4.69, 9.17) is 0 Å². The molecule has 2 rings (SSSR count). The van der Waals surface area contributed by atoms with Crippen molar-refractivity contribution in [3.8, 4) is 0 Å². The van der Waals surface area contributed by atoms with Crippen LogP contribution in [-0.4, -0.2) is 16.7 Å². The van der Waals surface area contributed by atoms with Gasteiger partial charge in [-0.05, 0) is 30.7 Å². The van der Waals surface area contributed by atoms with E-state index in [1.165, 1.54) is 18.3 Å². The fraction of sp³-hybridized carbons (Fsp3) is 0.154. The van der Waals surface area contributed by atoms with Gasteiger partial charge >= 0.3 is 0 Å². The molecule has 0 aliphatic heterocycles. The van der Waals surface area contributed by atoms with Gasteiger partial charge < -0.3 is 0 Å². The van der Waals surface area contributed by atoms with E-state index in [-0.39, 0.29) is 11.7 Å². The molecule has 0 aliphatic carbocycles. The van der Waals surface area contributed by atoms with Crippen molar-refractivity contribution in [1.82, 2.24) is 4.98 Å². The average molecular weight is 339 g/mol. The van der Waals surface area contributed by atoms with Gasteiger partial charge in [0.1, 0.15) is 5.69 Å². The van der Waals surface area contributed by atoms with Crippen molar-refractivity contribution in [3.05, 3.63) is 44.9 Å². The maximum Gasteiger partial charge on any atom is 0.257 e. The van der Waals surface area contributed by atoms with Gasteiger partial charge in [0.15, 0.2) is 10.9 Å². The van der Waals surface area contributed by atoms with Crippen LogP contribution < -0.4 is 5.32 Å². The molecular weight excluding hydrogens is 328 g/mol. The lowest BCUT2D eigenvalue weighted by atomic mass is 10.1. The van der Waals surface area contributed by atoms with E-state index in [1.54, 1.807) is 17.5 Å². The number of anilines is 1. The molecule has 0 atom stereocenters. The fourth-order valence-electron chi connectivity index (χ4n) is 1.53. The smallest absolute Gasteiger partial charge is 0.257 e. The summed E-state index contributed by atoms with van der Waals surface area (Å²) in [5, 5.41) is 4.74. The third kappa shape index (κ3) is 3.48. The van der Waals surface area contributed by atoms with Gasteiger partial charge in [0.2, 0.25) is 0 Å². The molecule has 0 spiro atoms. The number of aryl methyl sites for hydroxylation is 1. The predicted molar refractivity (Wildman–Crippen MR) is 79.0 cm³/mol. The zero-order valence-corrected chi connectivity index (χ0v) is 12.8. The van der Waals surface area contributed by atoms with Gasteiger partial charge in [-0.15, -0.1) is 11.3 Å². The highest BCUT2D eigenvalue weighted by Gasteiger charge is 2.11. The van der Waals surface area contributed by atoms with E-state index in [0.717, 1.165) is 10.0 Å². The van der Waals surface area contributed by atoms with Crippen molar-refractivity contribution in [1.29, 1.82) is 0 Å². The van der Waals surface area contributed by atoms with Crippen LogP contribution >= 0.6 is 27.3 Å². The second-order valence-electron chi connectivity index (χ2n) is 4.07. The molecule has 1 N–H and O–H groups in total. The van der Waals surface area contributed by atoms with Crippen molar-refractivity contribution in [2.24, 2.45) is 0 Å². The highest BCUT2D eigenvalue weighted by molar-refractivity contribution is 9.10. The number of halogens is 1. The number of amides is 1. The number of carbonyl (C=O) groups excluding carboxylic acids is 2. The summed E-state index contributed by atoms with van der Waals surface area (Å²) in [5.74, 6) is -0.357. The van der Waals surface area contributed by atoms with Crippen LogP contribution in [0.2, 0.25) is 0 Å². The first-order chi connectivity index (χ1) is 8.95. The second kappa shape index (κ2) is 5.63. The van der Waals surface area contributed by atoms with Crippen LogP contribution in [0.25, 0.3) is 0 Å². The SMILES string of the molecule is CC(=O)c1csc(NC(=O)c2cc(C)cc(Br)c2)n1. The first kappa shape index (κ1) is 13.9. The standard InChI is InChI=1S/C13H11BrN2O2S/c1-7-3-9(5-10(14)4-7)12(18)16-13-15-11(6-19-13)8(2)17/h3-6H,1-2H3,(H,15,16,18). The van der Waals surface area contributed by atoms with Gasteiger partial charge in [0.05, 0.1) is 0 Å². The fourth-order valence-corrected chi connectivity index (χ4v) is 2.88. The molecule has 98 valence electrons. The molecule has 4 nitrogen and oxygen atoms in total. The molecule has 1 aromatic carbocycles. The van der Waals surface area contributed by atoms with Crippen molar-refractivity contribution >= 4 is 44.1 Å². The van der Waals surface area contributed by atoms with Crippen LogP contribution in [0.3, 0.4) is 0 Å². The number of thiazole rings is 1. The minimum absolute atomic E-state index is 0.116. The molecule has 0 unspecified atom stereocenters. The van der Waals surface area contributed by atoms with Crippen molar-refractivity contribution < 1.29 is 9.59 Å². The van der Waals surface area contributed by atoms with E-state index in [1.807, 2.05) is 13.0 Å². The van der Waals surface area contributed by atoms with Crippen molar-refractivity contribution in [3.63, 3.8) is 0 Å². The Labute approximate surface area is 123 Å². The Morgan fingerprint density at radius 3 is 2.63 bits per heavy atom. The lowest BCUT2D eigenvalue weighted by molar-refractivity contribution is 0.100. The van der Waals surface area contributed by atoms with Gasteiger partial charge in [-0.1, -0.05) is 15.9 Å². The zero-order chi connectivity index (χ0) is 14.0. The minimum atomic E-state index is -0.242. The molecule has 0 radical (unpaired) electrons. The average Bonchev–Trinajstić information content (AvgIpc) is 2.76. The highest BCUT2D eigenvalue weighted by Crippen LogP contribution is 2.19. The number of ketones is 1. The number of rotatable bonds is 3. The first-order valence-electron chi connectivity index (χ1n) is 5.50. The summed E-state index contributed by atoms with van der Waals surface area (Å²) in [4.78, 5) is 27.2. The predicted octanol–water partition coefficient (Wildman–Crippen LogP) is 3.67. The summed E-state index contributed by atoms with van der Waals surface area (Å²) >= 11 is 4.59. The normalized spacial score (nSPS) is 10.3. The van der Waals surface area contributed by atoms with Crippen LogP contribution in [0.4, 0.5) is 5.13 Å². The van der Waals surface area contributed by atoms with Crippen LogP contribution in [0, 0.1) is 6.92 Å². The third-order valence-electron chi connectivity index (χ3n) is 2.39. The molecule has 2 aromatic rings. The van der Waals surface area contributed by atoms with E-state index < -0.39 is 0 Å². The number of Topliss-reactive ketones (excluding diaryl/α,β-unsaturated/α-hetero) is 1. The third-order valence-corrected chi connectivity index (χ3v) is 3.61. The maximum atomic E-state index is 12.0. The second-order valence-corrected chi connectivity index (χ2v) is 5.84. The monoisotopic (exact) mass is 338 g/mol. The van der Waals surface area contributed by atoms with Gasteiger partial charge in [-0.25, -0.2) is 4.98 Å². The summed E-state index contributed by atoms with van der Waals surface area (Å²) in [7, 11) is 0. The number of nitrogens with one attached hydrogen (secondary N) is 1. The summed E-state index contributed by atoms with van der Waals surface area (Å²) in [6.07, 6.45) is 0. The quantitative estimate of drug-likeness (QED) is 0.868. The zero-order valence-electron chi connectivity index (χ0n) is 10.4. The molecule has 19 heavy (non-hydrogen) atoms. The number of hydrogen-bond acceptors (Lipinski definition) is 4. The largest absolute Gasteiger partial charge is 0.298 e. The highest BCUT2D eigenvalue weighted by atomic mass is 79.9. The van der Waals surface area contributed by atoms with Gasteiger partial charge in [0, 0.05) is 22.3 Å². The van der Waals surface area contributed by atoms with Gasteiger partial charge in [0.25, 0.3) is 5.91 Å². The van der Waals surface area contributed by atoms with E-state index in [9.17, 15) is 9.59 Å². The summed E-state index contributed by atoms with van der Waals surface area (Å²) in [6.45, 7) is 3.36. The number of aromatic nitrogens is 1. The molecule has 0 saturated carbocycles. The molecule has 0 bridgehead atoms. The summed E-state index contributed by atoms with van der Waals surface area (Å²) < 4.78 is 0.848. The van der Waals surface area contributed by atoms with Crippen LogP contribution in [0.5, 0.6) is 0 Å². The Morgan fingerprint density at radius 2 is 2.05 bits per heavy atom. The van der Waals surface area contributed by atoms with Crippen molar-refractivity contribution in [2.75, 3.05) is 5.32 Å². The Morgan fingerprint density at radius 1 is 1.32 bits per heavy atom. The molecule has 0 aliphatic rings. The number of nitrogens with zero attached hydrogens (tertiary/aromatic N) is 1. The van der Waals surface area contributed by atoms with Crippen LogP contribution in [0.1, 0.15) is 33.3 Å².